The fourth-order valence-corrected chi connectivity index (χ4v) is 2.70. The van der Waals surface area contributed by atoms with Gasteiger partial charge in [-0.2, -0.15) is 4.39 Å². The van der Waals surface area contributed by atoms with Gasteiger partial charge < -0.3 is 4.90 Å². The molecule has 8 heteroatoms. The van der Waals surface area contributed by atoms with Crippen molar-refractivity contribution in [2.75, 3.05) is 11.4 Å². The summed E-state index contributed by atoms with van der Waals surface area (Å²) in [7, 11) is 1.41. The lowest BCUT2D eigenvalue weighted by atomic mass is 10.3. The highest BCUT2D eigenvalue weighted by Gasteiger charge is 2.38. The zero-order valence-electron chi connectivity index (χ0n) is 8.51. The molecule has 1 atom stereocenters. The molecule has 0 N–H and O–H groups in total. The molecule has 1 unspecified atom stereocenters. The summed E-state index contributed by atoms with van der Waals surface area (Å²) in [6, 6.07) is 2.51. The third kappa shape index (κ3) is 2.55. The van der Waals surface area contributed by atoms with Crippen molar-refractivity contribution >= 4 is 31.3 Å². The quantitative estimate of drug-likeness (QED) is 0.595. The molecule has 0 aromatic carbocycles. The Balaban J connectivity index is 2.28. The lowest BCUT2D eigenvalue weighted by Gasteiger charge is -2.15. The average Bonchev–Trinajstić information content (AvgIpc) is 2.60. The highest BCUT2D eigenvalue weighted by Crippen LogP contribution is 2.26. The van der Waals surface area contributed by atoms with Gasteiger partial charge in [0.15, 0.2) is 0 Å². The van der Waals surface area contributed by atoms with Crippen LogP contribution in [0.4, 0.5) is 10.1 Å². The molecule has 0 bridgehead atoms. The molecule has 1 aliphatic heterocycles. The van der Waals surface area contributed by atoms with E-state index in [0.29, 0.717) is 0 Å². The summed E-state index contributed by atoms with van der Waals surface area (Å²) >= 11 is 0. The predicted octanol–water partition coefficient (Wildman–Crippen LogP) is 0.895. The first-order valence-corrected chi connectivity index (χ1v) is 7.10. The van der Waals surface area contributed by atoms with Crippen LogP contribution in [0.3, 0.4) is 0 Å². The summed E-state index contributed by atoms with van der Waals surface area (Å²) in [5.74, 6) is -1.13. The van der Waals surface area contributed by atoms with E-state index >= 15 is 0 Å². The maximum absolute atomic E-state index is 12.9. The van der Waals surface area contributed by atoms with Crippen molar-refractivity contribution in [3.8, 4) is 0 Å². The maximum Gasteiger partial charge on any atom is 0.237 e. The standard InChI is InChI=1S/C9H8ClFN2O3S/c10-17(15,16)7-4-9(14)13(5-7)6-1-2-12-8(11)3-6/h1-3,7H,4-5H2. The molecule has 5 nitrogen and oxygen atoms in total. The number of aromatic nitrogens is 1. The fourth-order valence-electron chi connectivity index (χ4n) is 1.67. The Bertz CT molecular complexity index is 563. The normalized spacial score (nSPS) is 20.9. The van der Waals surface area contributed by atoms with Crippen molar-refractivity contribution in [3.63, 3.8) is 0 Å². The highest BCUT2D eigenvalue weighted by molar-refractivity contribution is 8.14. The van der Waals surface area contributed by atoms with Gasteiger partial charge in [0.2, 0.25) is 20.9 Å². The van der Waals surface area contributed by atoms with E-state index < -0.39 is 26.2 Å². The zero-order valence-corrected chi connectivity index (χ0v) is 10.1. The molecule has 92 valence electrons. The summed E-state index contributed by atoms with van der Waals surface area (Å²) in [4.78, 5) is 16.1. The minimum absolute atomic E-state index is 0.0614. The van der Waals surface area contributed by atoms with Crippen LogP contribution >= 0.6 is 10.7 Å². The van der Waals surface area contributed by atoms with E-state index in [-0.39, 0.29) is 18.7 Å². The number of anilines is 1. The van der Waals surface area contributed by atoms with Gasteiger partial charge >= 0.3 is 0 Å². The molecule has 2 rings (SSSR count). The summed E-state index contributed by atoms with van der Waals surface area (Å²) < 4.78 is 35.1. The minimum atomic E-state index is -3.79. The van der Waals surface area contributed by atoms with Crippen molar-refractivity contribution in [2.24, 2.45) is 0 Å². The third-order valence-corrected chi connectivity index (χ3v) is 4.38. The van der Waals surface area contributed by atoms with E-state index in [2.05, 4.69) is 4.98 Å². The topological polar surface area (TPSA) is 67.3 Å². The van der Waals surface area contributed by atoms with Gasteiger partial charge in [0.25, 0.3) is 0 Å². The van der Waals surface area contributed by atoms with Crippen LogP contribution in [-0.4, -0.2) is 31.1 Å². The molecule has 1 saturated heterocycles. The number of nitrogens with zero attached hydrogens (tertiary/aromatic N) is 2. The average molecular weight is 279 g/mol. The van der Waals surface area contributed by atoms with Gasteiger partial charge in [0.05, 0.1) is 0 Å². The van der Waals surface area contributed by atoms with Gasteiger partial charge in [0, 0.05) is 41.6 Å². The lowest BCUT2D eigenvalue weighted by Crippen LogP contribution is -2.26. The van der Waals surface area contributed by atoms with Crippen LogP contribution in [0.1, 0.15) is 6.42 Å². The molecule has 1 amide bonds. The molecule has 1 aromatic rings. The smallest absolute Gasteiger partial charge is 0.237 e. The van der Waals surface area contributed by atoms with E-state index in [9.17, 15) is 17.6 Å². The molecule has 17 heavy (non-hydrogen) atoms. The molecule has 1 fully saturated rings. The van der Waals surface area contributed by atoms with E-state index in [0.717, 1.165) is 6.07 Å². The maximum atomic E-state index is 12.9. The molecule has 1 aliphatic rings. The Kier molecular flexibility index (Phi) is 3.05. The second-order valence-corrected chi connectivity index (χ2v) is 6.55. The summed E-state index contributed by atoms with van der Waals surface area (Å²) in [5, 5.41) is -0.951. The number of carbonyl (C=O) groups excluding carboxylic acids is 1. The lowest BCUT2D eigenvalue weighted by molar-refractivity contribution is -0.117. The molecule has 0 saturated carbocycles. The number of hydrogen-bond acceptors (Lipinski definition) is 4. The fraction of sp³-hybridized carbons (Fsp3) is 0.333. The van der Waals surface area contributed by atoms with Crippen LogP contribution in [-0.2, 0) is 13.8 Å². The number of hydrogen-bond donors (Lipinski definition) is 0. The second kappa shape index (κ2) is 4.23. The van der Waals surface area contributed by atoms with Gasteiger partial charge in [-0.1, -0.05) is 0 Å². The van der Waals surface area contributed by atoms with Crippen LogP contribution in [0.2, 0.25) is 0 Å². The monoisotopic (exact) mass is 278 g/mol. The Morgan fingerprint density at radius 3 is 2.76 bits per heavy atom. The van der Waals surface area contributed by atoms with Gasteiger partial charge in [0.1, 0.15) is 5.25 Å². The van der Waals surface area contributed by atoms with Gasteiger partial charge in [-0.25, -0.2) is 13.4 Å². The molecule has 0 aliphatic carbocycles. The number of rotatable bonds is 2. The Morgan fingerprint density at radius 2 is 2.24 bits per heavy atom. The second-order valence-electron chi connectivity index (χ2n) is 3.64. The van der Waals surface area contributed by atoms with Gasteiger partial charge in [-0.3, -0.25) is 4.79 Å². The van der Waals surface area contributed by atoms with E-state index in [1.54, 1.807) is 0 Å². The van der Waals surface area contributed by atoms with Crippen molar-refractivity contribution in [2.45, 2.75) is 11.7 Å². The Labute approximate surface area is 102 Å². The number of amides is 1. The molecule has 0 radical (unpaired) electrons. The first-order chi connectivity index (χ1) is 7.88. The Morgan fingerprint density at radius 1 is 1.53 bits per heavy atom. The molecular formula is C9H8ClFN2O3S. The molecule has 1 aromatic heterocycles. The van der Waals surface area contributed by atoms with Crippen LogP contribution in [0.25, 0.3) is 0 Å². The van der Waals surface area contributed by atoms with Crippen molar-refractivity contribution in [1.29, 1.82) is 0 Å². The Hall–Kier alpha value is -1.21. The molecule has 2 heterocycles. The summed E-state index contributed by atoms with van der Waals surface area (Å²) in [5.41, 5.74) is 0.283. The van der Waals surface area contributed by atoms with Crippen LogP contribution in [0, 0.1) is 5.95 Å². The summed E-state index contributed by atoms with van der Waals surface area (Å²) in [6.07, 6.45) is 1.02. The first-order valence-electron chi connectivity index (χ1n) is 4.73. The van der Waals surface area contributed by atoms with Crippen LogP contribution < -0.4 is 4.90 Å². The van der Waals surface area contributed by atoms with Gasteiger partial charge in [-0.15, -0.1) is 0 Å². The minimum Gasteiger partial charge on any atom is -0.311 e. The number of carbonyl (C=O) groups is 1. The van der Waals surface area contributed by atoms with E-state index in [1.807, 2.05) is 0 Å². The summed E-state index contributed by atoms with van der Waals surface area (Å²) in [6.45, 7) is -0.0614. The molecule has 0 spiro atoms. The van der Waals surface area contributed by atoms with Crippen LogP contribution in [0.15, 0.2) is 18.3 Å². The highest BCUT2D eigenvalue weighted by atomic mass is 35.7. The molecular weight excluding hydrogens is 271 g/mol. The van der Waals surface area contributed by atoms with Crippen LogP contribution in [0.5, 0.6) is 0 Å². The van der Waals surface area contributed by atoms with Crippen molar-refractivity contribution in [3.05, 3.63) is 24.3 Å². The van der Waals surface area contributed by atoms with Gasteiger partial charge in [-0.05, 0) is 6.07 Å². The zero-order chi connectivity index (χ0) is 12.6. The number of halogens is 2. The van der Waals surface area contributed by atoms with E-state index in [1.165, 1.54) is 17.2 Å². The van der Waals surface area contributed by atoms with Crippen molar-refractivity contribution < 1.29 is 17.6 Å². The van der Waals surface area contributed by atoms with E-state index in [4.69, 9.17) is 10.7 Å². The van der Waals surface area contributed by atoms with Crippen molar-refractivity contribution in [1.82, 2.24) is 4.98 Å². The first kappa shape index (κ1) is 12.3. The SMILES string of the molecule is O=C1CC(S(=O)(=O)Cl)CN1c1ccnc(F)c1. The largest absolute Gasteiger partial charge is 0.311 e. The third-order valence-electron chi connectivity index (χ3n) is 2.51. The number of pyridine rings is 1. The predicted molar refractivity (Wildman–Crippen MR) is 59.7 cm³/mol.